The Morgan fingerprint density at radius 1 is 1.48 bits per heavy atom. The molecule has 6 nitrogen and oxygen atoms in total. The van der Waals surface area contributed by atoms with Crippen LogP contribution in [0.3, 0.4) is 0 Å². The van der Waals surface area contributed by atoms with Gasteiger partial charge >= 0.3 is 0 Å². The van der Waals surface area contributed by atoms with Crippen LogP contribution in [0.1, 0.15) is 35.9 Å². The van der Waals surface area contributed by atoms with Crippen LogP contribution in [-0.4, -0.2) is 51.5 Å². The largest absolute Gasteiger partial charge is 0.333 e. The van der Waals surface area contributed by atoms with E-state index in [0.29, 0.717) is 5.69 Å². The first-order valence-corrected chi connectivity index (χ1v) is 9.11. The van der Waals surface area contributed by atoms with Gasteiger partial charge in [-0.25, -0.2) is 4.68 Å². The molecule has 2 aromatic rings. The van der Waals surface area contributed by atoms with Gasteiger partial charge in [-0.1, -0.05) is 34.1 Å². The van der Waals surface area contributed by atoms with E-state index in [0.717, 1.165) is 48.3 Å². The monoisotopic (exact) mass is 427 g/mol. The normalized spacial score (nSPS) is 16.5. The van der Waals surface area contributed by atoms with E-state index in [9.17, 15) is 4.79 Å². The average molecular weight is 429 g/mol. The van der Waals surface area contributed by atoms with E-state index >= 15 is 0 Å². The molecule has 1 aliphatic rings. The van der Waals surface area contributed by atoms with Gasteiger partial charge < -0.3 is 10.2 Å². The van der Waals surface area contributed by atoms with Crippen molar-refractivity contribution in [3.8, 4) is 5.69 Å². The molecule has 8 heteroatoms. The zero-order valence-corrected chi connectivity index (χ0v) is 16.8. The van der Waals surface area contributed by atoms with Gasteiger partial charge in [0.25, 0.3) is 5.91 Å². The Morgan fingerprint density at radius 2 is 2.28 bits per heavy atom. The molecule has 1 fully saturated rings. The molecular formula is C17H23BrClN5O. The van der Waals surface area contributed by atoms with E-state index in [2.05, 4.69) is 38.5 Å². The Morgan fingerprint density at radius 3 is 2.92 bits per heavy atom. The molecule has 1 N–H and O–H groups in total. The van der Waals surface area contributed by atoms with Gasteiger partial charge in [0, 0.05) is 23.6 Å². The zero-order chi connectivity index (χ0) is 17.1. The van der Waals surface area contributed by atoms with Crippen LogP contribution < -0.4 is 5.32 Å². The van der Waals surface area contributed by atoms with Gasteiger partial charge in [0.05, 0.1) is 11.4 Å². The number of hydrogen-bond acceptors (Lipinski definition) is 4. The molecule has 136 valence electrons. The molecule has 1 unspecified atom stereocenters. The second-order valence-corrected chi connectivity index (χ2v) is 6.98. The van der Waals surface area contributed by atoms with Crippen LogP contribution in [-0.2, 0) is 0 Å². The summed E-state index contributed by atoms with van der Waals surface area (Å²) < 4.78 is 2.68. The maximum atomic E-state index is 13.0. The lowest BCUT2D eigenvalue weighted by Crippen LogP contribution is -2.42. The highest BCUT2D eigenvalue weighted by atomic mass is 79.9. The summed E-state index contributed by atoms with van der Waals surface area (Å²) in [5.74, 6) is -0.0238. The third kappa shape index (κ3) is 4.22. The minimum absolute atomic E-state index is 0. The van der Waals surface area contributed by atoms with E-state index in [1.54, 1.807) is 4.68 Å². The van der Waals surface area contributed by atoms with Gasteiger partial charge in [-0.3, -0.25) is 4.79 Å². The van der Waals surface area contributed by atoms with Gasteiger partial charge in [-0.15, -0.1) is 17.5 Å². The average Bonchev–Trinajstić information content (AvgIpc) is 3.21. The van der Waals surface area contributed by atoms with E-state index in [1.165, 1.54) is 0 Å². The highest BCUT2D eigenvalue weighted by Gasteiger charge is 2.29. The maximum Gasteiger partial charge on any atom is 0.276 e. The van der Waals surface area contributed by atoms with Crippen LogP contribution in [0.15, 0.2) is 28.7 Å². The van der Waals surface area contributed by atoms with Crippen LogP contribution in [0.4, 0.5) is 0 Å². The van der Waals surface area contributed by atoms with Crippen molar-refractivity contribution in [1.29, 1.82) is 0 Å². The summed E-state index contributed by atoms with van der Waals surface area (Å²) in [6.45, 7) is 6.54. The summed E-state index contributed by atoms with van der Waals surface area (Å²) in [7, 11) is 0. The number of nitrogens with zero attached hydrogens (tertiary/aromatic N) is 4. The SMILES string of the molecule is CCCN(C(=O)c1nnn(-c2cccc(Br)c2)c1C)C1CCNC1.Cl. The summed E-state index contributed by atoms with van der Waals surface area (Å²) in [4.78, 5) is 15.0. The van der Waals surface area contributed by atoms with Crippen molar-refractivity contribution in [2.75, 3.05) is 19.6 Å². The Bertz CT molecular complexity index is 730. The minimum Gasteiger partial charge on any atom is -0.333 e. The van der Waals surface area contributed by atoms with Crippen LogP contribution in [0.2, 0.25) is 0 Å². The fraction of sp³-hybridized carbons (Fsp3) is 0.471. The Kier molecular flexibility index (Phi) is 6.98. The third-order valence-corrected chi connectivity index (χ3v) is 4.84. The number of amides is 1. The number of carbonyl (C=O) groups is 1. The van der Waals surface area contributed by atoms with Gasteiger partial charge in [0.1, 0.15) is 0 Å². The lowest BCUT2D eigenvalue weighted by molar-refractivity contribution is 0.0685. The fourth-order valence-electron chi connectivity index (χ4n) is 3.11. The molecule has 1 amide bonds. The van der Waals surface area contributed by atoms with Gasteiger partial charge in [0.15, 0.2) is 5.69 Å². The van der Waals surface area contributed by atoms with Crippen molar-refractivity contribution < 1.29 is 4.79 Å². The van der Waals surface area contributed by atoms with E-state index in [4.69, 9.17) is 0 Å². The number of halogens is 2. The quantitative estimate of drug-likeness (QED) is 0.795. The Balaban J connectivity index is 0.00000225. The summed E-state index contributed by atoms with van der Waals surface area (Å²) in [5.41, 5.74) is 2.10. The standard InChI is InChI=1S/C17H22BrN5O.ClH/c1-3-9-22(15-7-8-19-11-15)17(24)16-12(2)23(21-20-16)14-6-4-5-13(18)10-14;/h4-6,10,15,19H,3,7-9,11H2,1-2H3;1H. The first kappa shape index (κ1) is 19.9. The predicted octanol–water partition coefficient (Wildman–Crippen LogP) is 2.97. The first-order chi connectivity index (χ1) is 11.6. The number of aromatic nitrogens is 3. The molecule has 1 atom stereocenters. The molecule has 25 heavy (non-hydrogen) atoms. The van der Waals surface area contributed by atoms with E-state index in [1.807, 2.05) is 36.1 Å². The second kappa shape index (κ2) is 8.78. The van der Waals surface area contributed by atoms with Gasteiger partial charge in [-0.2, -0.15) is 0 Å². The molecule has 1 aliphatic heterocycles. The van der Waals surface area contributed by atoms with Gasteiger partial charge in [0.2, 0.25) is 0 Å². The summed E-state index contributed by atoms with van der Waals surface area (Å²) in [6, 6.07) is 8.05. The highest BCUT2D eigenvalue weighted by Crippen LogP contribution is 2.19. The molecule has 0 radical (unpaired) electrons. The molecule has 1 saturated heterocycles. The van der Waals surface area contributed by atoms with Crippen molar-refractivity contribution in [2.45, 2.75) is 32.7 Å². The molecule has 1 aromatic heterocycles. The number of carbonyl (C=O) groups excluding carboxylic acids is 1. The molecule has 0 saturated carbocycles. The lowest BCUT2D eigenvalue weighted by atomic mass is 10.1. The van der Waals surface area contributed by atoms with Crippen molar-refractivity contribution in [2.24, 2.45) is 0 Å². The minimum atomic E-state index is -0.0238. The van der Waals surface area contributed by atoms with Crippen molar-refractivity contribution >= 4 is 34.2 Å². The molecule has 0 bridgehead atoms. The lowest BCUT2D eigenvalue weighted by Gasteiger charge is -2.27. The smallest absolute Gasteiger partial charge is 0.276 e. The topological polar surface area (TPSA) is 63.1 Å². The zero-order valence-electron chi connectivity index (χ0n) is 14.4. The second-order valence-electron chi connectivity index (χ2n) is 6.06. The van der Waals surface area contributed by atoms with Crippen molar-refractivity contribution in [3.05, 3.63) is 40.1 Å². The highest BCUT2D eigenvalue weighted by molar-refractivity contribution is 9.10. The Labute approximate surface area is 162 Å². The number of benzene rings is 1. The number of nitrogens with one attached hydrogen (secondary N) is 1. The molecule has 0 aliphatic carbocycles. The molecule has 3 rings (SSSR count). The van der Waals surface area contributed by atoms with Crippen LogP contribution in [0.5, 0.6) is 0 Å². The number of hydrogen-bond donors (Lipinski definition) is 1. The molecule has 1 aromatic carbocycles. The van der Waals surface area contributed by atoms with Gasteiger partial charge in [-0.05, 0) is 44.5 Å². The van der Waals surface area contributed by atoms with E-state index in [-0.39, 0.29) is 24.4 Å². The van der Waals surface area contributed by atoms with Crippen LogP contribution in [0, 0.1) is 6.92 Å². The fourth-order valence-corrected chi connectivity index (χ4v) is 3.50. The maximum absolute atomic E-state index is 13.0. The van der Waals surface area contributed by atoms with Crippen LogP contribution >= 0.6 is 28.3 Å². The van der Waals surface area contributed by atoms with Crippen LogP contribution in [0.25, 0.3) is 5.69 Å². The van der Waals surface area contributed by atoms with Crippen molar-refractivity contribution in [3.63, 3.8) is 0 Å². The third-order valence-electron chi connectivity index (χ3n) is 4.35. The molecule has 0 spiro atoms. The summed E-state index contributed by atoms with van der Waals surface area (Å²) in [6.07, 6.45) is 1.92. The van der Waals surface area contributed by atoms with Crippen molar-refractivity contribution in [1.82, 2.24) is 25.2 Å². The summed E-state index contributed by atoms with van der Waals surface area (Å²) >= 11 is 3.46. The van der Waals surface area contributed by atoms with E-state index < -0.39 is 0 Å². The molecule has 2 heterocycles. The predicted molar refractivity (Wildman–Crippen MR) is 104 cm³/mol. The molecular weight excluding hydrogens is 406 g/mol. The number of rotatable bonds is 5. The Hall–Kier alpha value is -1.44. The summed E-state index contributed by atoms with van der Waals surface area (Å²) in [5, 5.41) is 11.7. The first-order valence-electron chi connectivity index (χ1n) is 8.31.